The van der Waals surface area contributed by atoms with Crippen molar-refractivity contribution in [3.63, 3.8) is 0 Å². The first-order valence-corrected chi connectivity index (χ1v) is 8.42. The van der Waals surface area contributed by atoms with Crippen LogP contribution in [0.5, 0.6) is 11.5 Å². The molecule has 22 heavy (non-hydrogen) atoms. The number of phenols is 1. The minimum absolute atomic E-state index is 0.0278. The van der Waals surface area contributed by atoms with Gasteiger partial charge >= 0.3 is 0 Å². The molecule has 3 heteroatoms. The second kappa shape index (κ2) is 3.70. The van der Waals surface area contributed by atoms with Crippen molar-refractivity contribution in [3.8, 4) is 11.5 Å². The fourth-order valence-electron chi connectivity index (χ4n) is 5.85. The highest BCUT2D eigenvalue weighted by Crippen LogP contribution is 2.67. The van der Waals surface area contributed by atoms with E-state index in [0.29, 0.717) is 23.6 Å². The molecule has 0 radical (unpaired) electrons. The van der Waals surface area contributed by atoms with Gasteiger partial charge in [0.2, 0.25) is 0 Å². The first kappa shape index (κ1) is 13.0. The molecular formula is C19H23NO2. The van der Waals surface area contributed by atoms with E-state index in [4.69, 9.17) is 4.74 Å². The maximum atomic E-state index is 10.4. The largest absolute Gasteiger partial charge is 0.504 e. The zero-order chi connectivity index (χ0) is 15.3. The minimum atomic E-state index is -0.248. The number of phenolic OH excluding ortho intramolecular Hbond substituents is 1. The van der Waals surface area contributed by atoms with Crippen molar-refractivity contribution in [2.24, 2.45) is 11.8 Å². The number of hydrogen-bond donors (Lipinski definition) is 1. The minimum Gasteiger partial charge on any atom is -0.504 e. The van der Waals surface area contributed by atoms with Gasteiger partial charge in [0.15, 0.2) is 11.5 Å². The van der Waals surface area contributed by atoms with E-state index in [1.165, 1.54) is 11.1 Å². The van der Waals surface area contributed by atoms with Gasteiger partial charge in [0, 0.05) is 28.9 Å². The fourth-order valence-corrected chi connectivity index (χ4v) is 5.85. The average molecular weight is 297 g/mol. The summed E-state index contributed by atoms with van der Waals surface area (Å²) in [4.78, 5) is 2.52. The molecule has 1 fully saturated rings. The SMILES string of the molecule is C[C@@H]1C=C[C@H]2[C@H]3Cc4ccc(O)c5c4[C@@]2(CCN3C)C1(C)O5. The fraction of sp³-hybridized carbons (Fsp3) is 0.579. The van der Waals surface area contributed by atoms with Crippen LogP contribution in [0.2, 0.25) is 0 Å². The summed E-state index contributed by atoms with van der Waals surface area (Å²) < 4.78 is 6.52. The van der Waals surface area contributed by atoms with Gasteiger partial charge < -0.3 is 14.7 Å². The lowest BCUT2D eigenvalue weighted by atomic mass is 9.48. The van der Waals surface area contributed by atoms with Crippen molar-refractivity contribution in [1.82, 2.24) is 4.90 Å². The third kappa shape index (κ3) is 1.14. The second-order valence-corrected chi connectivity index (χ2v) is 7.83. The van der Waals surface area contributed by atoms with E-state index in [-0.39, 0.29) is 11.0 Å². The number of hydrogen-bond acceptors (Lipinski definition) is 3. The molecule has 1 N–H and O–H groups in total. The maximum absolute atomic E-state index is 10.4. The van der Waals surface area contributed by atoms with Crippen molar-refractivity contribution >= 4 is 0 Å². The standard InChI is InChI=1S/C19H23NO2/c1-11-4-6-13-14-10-12-5-7-15(21)17-16(12)19(13,8-9-20(14)3)18(11,2)22-17/h4-7,11,13-14,21H,8-10H2,1-3H3/t11-,13+,14-,18?,19+/m1/s1. The van der Waals surface area contributed by atoms with Crippen LogP contribution in [0.3, 0.4) is 0 Å². The molecule has 3 nitrogen and oxygen atoms in total. The Kier molecular flexibility index (Phi) is 2.19. The number of rotatable bonds is 0. The van der Waals surface area contributed by atoms with E-state index in [1.807, 2.05) is 6.07 Å². The average Bonchev–Trinajstić information content (AvgIpc) is 2.78. The molecule has 2 aliphatic carbocycles. The van der Waals surface area contributed by atoms with Crippen LogP contribution in [0.1, 0.15) is 31.4 Å². The Morgan fingerprint density at radius 3 is 2.95 bits per heavy atom. The van der Waals surface area contributed by atoms with Crippen LogP contribution in [0.4, 0.5) is 0 Å². The van der Waals surface area contributed by atoms with Gasteiger partial charge in [-0.25, -0.2) is 0 Å². The summed E-state index contributed by atoms with van der Waals surface area (Å²) in [5.74, 6) is 1.92. The van der Waals surface area contributed by atoms with Crippen LogP contribution >= 0.6 is 0 Å². The lowest BCUT2D eigenvalue weighted by Gasteiger charge is -2.60. The molecule has 0 saturated carbocycles. The number of likely N-dealkylation sites (N-methyl/N-ethyl adjacent to an activating group) is 1. The molecule has 1 unspecified atom stereocenters. The molecule has 1 aromatic carbocycles. The summed E-state index contributed by atoms with van der Waals surface area (Å²) in [6.45, 7) is 5.63. The van der Waals surface area contributed by atoms with Gasteiger partial charge in [-0.3, -0.25) is 0 Å². The number of benzene rings is 1. The van der Waals surface area contributed by atoms with Gasteiger partial charge in [0.05, 0.1) is 0 Å². The van der Waals surface area contributed by atoms with Crippen LogP contribution in [0, 0.1) is 11.8 Å². The van der Waals surface area contributed by atoms with E-state index in [0.717, 1.165) is 25.1 Å². The topological polar surface area (TPSA) is 32.7 Å². The van der Waals surface area contributed by atoms with Crippen molar-refractivity contribution in [2.75, 3.05) is 13.6 Å². The van der Waals surface area contributed by atoms with Crippen molar-refractivity contribution in [2.45, 2.75) is 43.7 Å². The molecule has 2 aliphatic heterocycles. The van der Waals surface area contributed by atoms with Crippen LogP contribution in [-0.4, -0.2) is 35.2 Å². The van der Waals surface area contributed by atoms with Crippen LogP contribution in [0.15, 0.2) is 24.3 Å². The molecule has 1 aromatic rings. The summed E-state index contributed by atoms with van der Waals surface area (Å²) >= 11 is 0. The Morgan fingerprint density at radius 1 is 1.32 bits per heavy atom. The van der Waals surface area contributed by atoms with Gasteiger partial charge in [-0.15, -0.1) is 0 Å². The first-order chi connectivity index (χ1) is 10.5. The van der Waals surface area contributed by atoms with E-state index in [1.54, 1.807) is 0 Å². The number of aromatic hydroxyl groups is 1. The second-order valence-electron chi connectivity index (χ2n) is 7.83. The summed E-state index contributed by atoms with van der Waals surface area (Å²) in [5, 5.41) is 10.4. The lowest BCUT2D eigenvalue weighted by Crippen LogP contribution is -2.68. The molecule has 4 aliphatic rings. The lowest BCUT2D eigenvalue weighted by molar-refractivity contribution is -0.0782. The van der Waals surface area contributed by atoms with E-state index in [9.17, 15) is 5.11 Å². The Labute approximate surface area is 131 Å². The Morgan fingerprint density at radius 2 is 2.14 bits per heavy atom. The Balaban J connectivity index is 1.89. The number of likely N-dealkylation sites (tertiary alicyclic amines) is 1. The molecule has 1 spiro atoms. The van der Waals surface area contributed by atoms with E-state index >= 15 is 0 Å². The summed E-state index contributed by atoms with van der Waals surface area (Å²) in [5.41, 5.74) is 2.48. The normalized spacial score (nSPS) is 44.6. The summed E-state index contributed by atoms with van der Waals surface area (Å²) in [6.07, 6.45) is 6.95. The van der Waals surface area contributed by atoms with Gasteiger partial charge in [-0.1, -0.05) is 25.1 Å². The maximum Gasteiger partial charge on any atom is 0.166 e. The highest BCUT2D eigenvalue weighted by atomic mass is 16.5. The Hall–Kier alpha value is -1.48. The predicted octanol–water partition coefficient (Wildman–Crippen LogP) is 2.86. The third-order valence-electron chi connectivity index (χ3n) is 7.18. The summed E-state index contributed by atoms with van der Waals surface area (Å²) in [6, 6.07) is 4.49. The van der Waals surface area contributed by atoms with Crippen molar-refractivity contribution in [3.05, 3.63) is 35.4 Å². The third-order valence-corrected chi connectivity index (χ3v) is 7.18. The van der Waals surface area contributed by atoms with Crippen LogP contribution in [-0.2, 0) is 11.8 Å². The van der Waals surface area contributed by atoms with E-state index in [2.05, 4.69) is 44.0 Å². The van der Waals surface area contributed by atoms with Crippen LogP contribution in [0.25, 0.3) is 0 Å². The van der Waals surface area contributed by atoms with Gasteiger partial charge in [-0.05, 0) is 45.0 Å². The molecule has 5 atom stereocenters. The first-order valence-electron chi connectivity index (χ1n) is 8.42. The monoisotopic (exact) mass is 297 g/mol. The molecule has 0 amide bonds. The van der Waals surface area contributed by atoms with Crippen molar-refractivity contribution in [1.29, 1.82) is 0 Å². The van der Waals surface area contributed by atoms with Crippen molar-refractivity contribution < 1.29 is 9.84 Å². The van der Waals surface area contributed by atoms with Crippen LogP contribution < -0.4 is 4.74 Å². The van der Waals surface area contributed by atoms with Gasteiger partial charge in [-0.2, -0.15) is 0 Å². The highest BCUT2D eigenvalue weighted by Gasteiger charge is 2.69. The molecule has 116 valence electrons. The molecule has 1 saturated heterocycles. The van der Waals surface area contributed by atoms with Gasteiger partial charge in [0.1, 0.15) is 5.60 Å². The molecule has 0 aromatic heterocycles. The molecular weight excluding hydrogens is 274 g/mol. The zero-order valence-electron chi connectivity index (χ0n) is 13.5. The summed E-state index contributed by atoms with van der Waals surface area (Å²) in [7, 11) is 2.25. The number of nitrogens with zero attached hydrogens (tertiary/aromatic N) is 1. The number of piperidine rings is 1. The Bertz CT molecular complexity index is 712. The quantitative estimate of drug-likeness (QED) is 0.747. The molecule has 2 heterocycles. The highest BCUT2D eigenvalue weighted by molar-refractivity contribution is 5.63. The van der Waals surface area contributed by atoms with Gasteiger partial charge in [0.25, 0.3) is 0 Å². The predicted molar refractivity (Wildman–Crippen MR) is 85.4 cm³/mol. The smallest absolute Gasteiger partial charge is 0.166 e. The zero-order valence-corrected chi connectivity index (χ0v) is 13.5. The number of ether oxygens (including phenoxy) is 1. The van der Waals surface area contributed by atoms with E-state index < -0.39 is 0 Å². The molecule has 5 rings (SSSR count). The molecule has 2 bridgehead atoms.